The van der Waals surface area contributed by atoms with E-state index in [2.05, 4.69) is 0 Å². The van der Waals surface area contributed by atoms with Crippen molar-refractivity contribution >= 4 is 11.9 Å². The lowest BCUT2D eigenvalue weighted by Crippen LogP contribution is -2.73. The van der Waals surface area contributed by atoms with Gasteiger partial charge in [0.25, 0.3) is 0 Å². The molecule has 154 valence electrons. The SMILES string of the molecule is C[C@@]12CC[C@@H](C(=O)O)[C@]3(C)C[C@H](c4ccoc4)O[C@@](O)([C@@H]13)[C@@H](O)C[C@H]2C(=O)O. The third kappa shape index (κ3) is 2.41. The fraction of sp³-hybridized carbons (Fsp3) is 0.700. The summed E-state index contributed by atoms with van der Waals surface area (Å²) in [5, 5.41) is 42.1. The Bertz CT molecular complexity index is 790. The quantitative estimate of drug-likeness (QED) is 0.611. The van der Waals surface area contributed by atoms with Crippen LogP contribution in [0.2, 0.25) is 0 Å². The minimum absolute atomic E-state index is 0.148. The topological polar surface area (TPSA) is 137 Å². The lowest BCUT2D eigenvalue weighted by Gasteiger charge is -2.67. The van der Waals surface area contributed by atoms with Crippen LogP contribution >= 0.6 is 0 Å². The van der Waals surface area contributed by atoms with Crippen LogP contribution in [-0.4, -0.2) is 44.3 Å². The van der Waals surface area contributed by atoms with E-state index >= 15 is 0 Å². The van der Waals surface area contributed by atoms with Crippen LogP contribution in [0.4, 0.5) is 0 Å². The summed E-state index contributed by atoms with van der Waals surface area (Å²) >= 11 is 0. The Morgan fingerprint density at radius 1 is 1.14 bits per heavy atom. The van der Waals surface area contributed by atoms with Gasteiger partial charge in [-0.1, -0.05) is 13.8 Å². The summed E-state index contributed by atoms with van der Waals surface area (Å²) < 4.78 is 11.1. The Morgan fingerprint density at radius 2 is 1.82 bits per heavy atom. The van der Waals surface area contributed by atoms with E-state index in [1.165, 1.54) is 12.5 Å². The van der Waals surface area contributed by atoms with Crippen molar-refractivity contribution in [3.63, 3.8) is 0 Å². The number of aliphatic carboxylic acids is 2. The molecule has 1 aliphatic heterocycles. The highest BCUT2D eigenvalue weighted by molar-refractivity contribution is 5.73. The third-order valence-corrected chi connectivity index (χ3v) is 7.70. The van der Waals surface area contributed by atoms with Crippen molar-refractivity contribution in [3.8, 4) is 0 Å². The summed E-state index contributed by atoms with van der Waals surface area (Å²) in [6, 6.07) is 1.69. The van der Waals surface area contributed by atoms with Gasteiger partial charge in [0.15, 0.2) is 5.79 Å². The molecule has 2 aliphatic carbocycles. The van der Waals surface area contributed by atoms with Crippen molar-refractivity contribution in [1.82, 2.24) is 0 Å². The van der Waals surface area contributed by atoms with E-state index in [1.807, 2.05) is 0 Å². The number of furan rings is 1. The highest BCUT2D eigenvalue weighted by Crippen LogP contribution is 2.69. The third-order valence-electron chi connectivity index (χ3n) is 7.70. The Balaban J connectivity index is 1.89. The Hall–Kier alpha value is -1.90. The fourth-order valence-electron chi connectivity index (χ4n) is 6.57. The van der Waals surface area contributed by atoms with Crippen molar-refractivity contribution < 1.29 is 39.2 Å². The van der Waals surface area contributed by atoms with Gasteiger partial charge < -0.3 is 29.6 Å². The van der Waals surface area contributed by atoms with E-state index < -0.39 is 58.5 Å². The molecule has 1 aromatic rings. The normalized spacial score (nSPS) is 47.9. The molecule has 0 aromatic carbocycles. The molecule has 4 N–H and O–H groups in total. The van der Waals surface area contributed by atoms with Crippen LogP contribution in [0.3, 0.4) is 0 Å². The molecule has 2 heterocycles. The van der Waals surface area contributed by atoms with Gasteiger partial charge in [0, 0.05) is 11.5 Å². The number of aliphatic hydroxyl groups excluding tert-OH is 1. The molecule has 8 heteroatoms. The molecule has 4 rings (SSSR count). The van der Waals surface area contributed by atoms with Gasteiger partial charge >= 0.3 is 11.9 Å². The first-order chi connectivity index (χ1) is 13.0. The lowest BCUT2D eigenvalue weighted by molar-refractivity contribution is -0.401. The summed E-state index contributed by atoms with van der Waals surface area (Å²) in [6.45, 7) is 3.57. The molecule has 8 atom stereocenters. The zero-order valence-electron chi connectivity index (χ0n) is 15.9. The van der Waals surface area contributed by atoms with Crippen LogP contribution in [0.15, 0.2) is 23.0 Å². The maximum Gasteiger partial charge on any atom is 0.307 e. The van der Waals surface area contributed by atoms with Crippen molar-refractivity contribution in [3.05, 3.63) is 24.2 Å². The second-order valence-electron chi connectivity index (χ2n) is 9.14. The van der Waals surface area contributed by atoms with Gasteiger partial charge in [-0.2, -0.15) is 0 Å². The minimum Gasteiger partial charge on any atom is -0.481 e. The van der Waals surface area contributed by atoms with Gasteiger partial charge in [0.1, 0.15) is 6.10 Å². The number of rotatable bonds is 3. The van der Waals surface area contributed by atoms with Crippen LogP contribution in [0.1, 0.15) is 51.2 Å². The fourth-order valence-corrected chi connectivity index (χ4v) is 6.57. The molecule has 0 amide bonds. The maximum atomic E-state index is 12.1. The predicted octanol–water partition coefficient (Wildman–Crippen LogP) is 2.02. The second-order valence-corrected chi connectivity index (χ2v) is 9.14. The second kappa shape index (κ2) is 6.05. The van der Waals surface area contributed by atoms with Gasteiger partial charge in [-0.25, -0.2) is 0 Å². The van der Waals surface area contributed by atoms with Crippen LogP contribution in [-0.2, 0) is 14.3 Å². The van der Waals surface area contributed by atoms with Crippen molar-refractivity contribution in [2.75, 3.05) is 0 Å². The number of carbonyl (C=O) groups is 2. The van der Waals surface area contributed by atoms with Crippen LogP contribution in [0, 0.1) is 28.6 Å². The average Bonchev–Trinajstić information content (AvgIpc) is 3.11. The highest BCUT2D eigenvalue weighted by Gasteiger charge is 2.73. The average molecular weight is 394 g/mol. The van der Waals surface area contributed by atoms with Crippen molar-refractivity contribution in [1.29, 1.82) is 0 Å². The molecule has 3 fully saturated rings. The number of hydrogen-bond donors (Lipinski definition) is 4. The molecule has 0 unspecified atom stereocenters. The molecule has 0 radical (unpaired) electrons. The summed E-state index contributed by atoms with van der Waals surface area (Å²) in [7, 11) is 0. The Labute approximate surface area is 162 Å². The molecule has 2 saturated carbocycles. The summed E-state index contributed by atoms with van der Waals surface area (Å²) in [6.07, 6.45) is 1.62. The monoisotopic (exact) mass is 394 g/mol. The van der Waals surface area contributed by atoms with E-state index in [0.717, 1.165) is 0 Å². The summed E-state index contributed by atoms with van der Waals surface area (Å²) in [5.74, 6) is -6.58. The highest BCUT2D eigenvalue weighted by atomic mass is 16.6. The number of ether oxygens (including phenoxy) is 1. The van der Waals surface area contributed by atoms with Crippen molar-refractivity contribution in [2.24, 2.45) is 28.6 Å². The number of carboxylic acids is 2. The zero-order valence-corrected chi connectivity index (χ0v) is 15.9. The van der Waals surface area contributed by atoms with E-state index in [-0.39, 0.29) is 12.8 Å². The summed E-state index contributed by atoms with van der Waals surface area (Å²) in [5.41, 5.74) is -1.22. The summed E-state index contributed by atoms with van der Waals surface area (Å²) in [4.78, 5) is 24.1. The van der Waals surface area contributed by atoms with Gasteiger partial charge in [-0.05, 0) is 42.6 Å². The van der Waals surface area contributed by atoms with Crippen LogP contribution < -0.4 is 0 Å². The number of aliphatic hydroxyl groups is 2. The van der Waals surface area contributed by atoms with Gasteiger partial charge in [-0.3, -0.25) is 9.59 Å². The molecule has 8 nitrogen and oxygen atoms in total. The van der Waals surface area contributed by atoms with E-state index in [4.69, 9.17) is 9.15 Å². The Kier molecular flexibility index (Phi) is 4.19. The first kappa shape index (κ1) is 19.4. The smallest absolute Gasteiger partial charge is 0.307 e. The standard InChI is InChI=1S/C20H26O8/c1-18-5-3-11(15(22)23)19(2)8-13(10-4-6-27-9-10)28-20(26,17(18)19)14(21)7-12(18)16(24)25/h4,6,9,11-14,17,21,26H,3,5,7-8H2,1-2H3,(H,22,23)(H,24,25)/t11-,12-,13+,14-,17-,18-,19-,20+/m0/s1. The molecule has 0 bridgehead atoms. The van der Waals surface area contributed by atoms with Crippen LogP contribution in [0.25, 0.3) is 0 Å². The van der Waals surface area contributed by atoms with Crippen molar-refractivity contribution in [2.45, 2.75) is 57.5 Å². The number of hydrogen-bond acceptors (Lipinski definition) is 6. The number of carboxylic acid groups (broad SMARTS) is 2. The first-order valence-corrected chi connectivity index (χ1v) is 9.60. The molecule has 1 saturated heterocycles. The van der Waals surface area contributed by atoms with Gasteiger partial charge in [-0.15, -0.1) is 0 Å². The molecule has 0 spiro atoms. The molecule has 1 aromatic heterocycles. The first-order valence-electron chi connectivity index (χ1n) is 9.60. The Morgan fingerprint density at radius 3 is 2.39 bits per heavy atom. The largest absolute Gasteiger partial charge is 0.481 e. The maximum absolute atomic E-state index is 12.1. The zero-order chi connectivity index (χ0) is 20.5. The van der Waals surface area contributed by atoms with E-state index in [1.54, 1.807) is 19.9 Å². The minimum atomic E-state index is -2.04. The van der Waals surface area contributed by atoms with Gasteiger partial charge in [0.05, 0.1) is 30.5 Å². The molecular formula is C20H26O8. The lowest BCUT2D eigenvalue weighted by atomic mass is 9.41. The molecular weight excluding hydrogens is 368 g/mol. The molecule has 3 aliphatic rings. The van der Waals surface area contributed by atoms with E-state index in [9.17, 15) is 30.0 Å². The predicted molar refractivity (Wildman–Crippen MR) is 93.9 cm³/mol. The van der Waals surface area contributed by atoms with E-state index in [0.29, 0.717) is 18.4 Å². The molecule has 28 heavy (non-hydrogen) atoms. The van der Waals surface area contributed by atoms with Gasteiger partial charge in [0.2, 0.25) is 0 Å². The van der Waals surface area contributed by atoms with Crippen LogP contribution in [0.5, 0.6) is 0 Å².